The molecule has 0 saturated carbocycles. The summed E-state index contributed by atoms with van der Waals surface area (Å²) in [6, 6.07) is 2.67. The predicted octanol–water partition coefficient (Wildman–Crippen LogP) is 1.73. The number of ether oxygens (including phenoxy) is 1. The number of rotatable bonds is 3. The molecule has 1 aromatic carbocycles. The number of hydrogen-bond acceptors (Lipinski definition) is 4. The molecule has 20 heavy (non-hydrogen) atoms. The van der Waals surface area contributed by atoms with Crippen LogP contribution in [0, 0.1) is 5.82 Å². The Kier molecular flexibility index (Phi) is 3.15. The van der Waals surface area contributed by atoms with Gasteiger partial charge < -0.3 is 4.74 Å². The van der Waals surface area contributed by atoms with Crippen molar-refractivity contribution in [3.05, 3.63) is 29.7 Å². The zero-order valence-electron chi connectivity index (χ0n) is 11.2. The number of carbonyl (C=O) groups is 1. The Labute approximate surface area is 114 Å². The molecule has 1 unspecified atom stereocenters. The highest BCUT2D eigenvalue weighted by Gasteiger charge is 2.24. The second-order valence-corrected chi connectivity index (χ2v) is 4.57. The Bertz CT molecular complexity index is 666. The number of hydroxylamine groups is 2. The van der Waals surface area contributed by atoms with Crippen molar-refractivity contribution in [2.24, 2.45) is 0 Å². The van der Waals surface area contributed by atoms with Gasteiger partial charge in [0.05, 0.1) is 19.3 Å². The molecule has 2 heterocycles. The van der Waals surface area contributed by atoms with E-state index in [1.165, 1.54) is 26.3 Å². The van der Waals surface area contributed by atoms with Crippen LogP contribution in [0.15, 0.2) is 18.3 Å². The molecular formula is C13H14FN3O3. The fourth-order valence-electron chi connectivity index (χ4n) is 2.11. The third-order valence-electron chi connectivity index (χ3n) is 3.41. The summed E-state index contributed by atoms with van der Waals surface area (Å²) in [6.45, 7) is 0.668. The number of aromatic nitrogens is 2. The third-order valence-corrected chi connectivity index (χ3v) is 3.41. The summed E-state index contributed by atoms with van der Waals surface area (Å²) in [7, 11) is 2.89. The molecule has 1 aromatic heterocycles. The number of benzene rings is 1. The van der Waals surface area contributed by atoms with Crippen LogP contribution >= 0.6 is 0 Å². The highest BCUT2D eigenvalue weighted by Crippen LogP contribution is 2.28. The van der Waals surface area contributed by atoms with Gasteiger partial charge in [0.15, 0.2) is 12.0 Å². The highest BCUT2D eigenvalue weighted by molar-refractivity contribution is 6.05. The zero-order chi connectivity index (χ0) is 14.3. The number of carbonyl (C=O) groups excluding carboxylic acids is 1. The third kappa shape index (κ3) is 1.95. The minimum absolute atomic E-state index is 0.163. The quantitative estimate of drug-likeness (QED) is 0.803. The van der Waals surface area contributed by atoms with Crippen molar-refractivity contribution < 1.29 is 18.8 Å². The maximum atomic E-state index is 13.8. The zero-order valence-corrected chi connectivity index (χ0v) is 11.2. The van der Waals surface area contributed by atoms with E-state index in [0.29, 0.717) is 17.6 Å². The van der Waals surface area contributed by atoms with Crippen molar-refractivity contribution in [2.45, 2.75) is 12.6 Å². The Morgan fingerprint density at radius 1 is 1.60 bits per heavy atom. The monoisotopic (exact) mass is 279 g/mol. The van der Waals surface area contributed by atoms with E-state index in [1.807, 2.05) is 0 Å². The smallest absolute Gasteiger partial charge is 0.277 e. The van der Waals surface area contributed by atoms with Crippen LogP contribution in [0.4, 0.5) is 4.39 Å². The lowest BCUT2D eigenvalue weighted by molar-refractivity contribution is -0.106. The van der Waals surface area contributed by atoms with Crippen LogP contribution in [-0.4, -0.2) is 41.5 Å². The van der Waals surface area contributed by atoms with Crippen molar-refractivity contribution in [1.29, 1.82) is 0 Å². The fourth-order valence-corrected chi connectivity index (χ4v) is 2.11. The van der Waals surface area contributed by atoms with Gasteiger partial charge in [-0.15, -0.1) is 0 Å². The van der Waals surface area contributed by atoms with E-state index < -0.39 is 5.82 Å². The van der Waals surface area contributed by atoms with Crippen molar-refractivity contribution in [1.82, 2.24) is 14.8 Å². The van der Waals surface area contributed by atoms with Gasteiger partial charge in [0.2, 0.25) is 0 Å². The molecule has 7 heteroatoms. The van der Waals surface area contributed by atoms with Crippen LogP contribution in [0.2, 0.25) is 0 Å². The number of amides is 1. The Balaban J connectivity index is 2.10. The van der Waals surface area contributed by atoms with Gasteiger partial charge in [-0.1, -0.05) is 0 Å². The van der Waals surface area contributed by atoms with Gasteiger partial charge in [-0.3, -0.25) is 9.63 Å². The van der Waals surface area contributed by atoms with Crippen LogP contribution in [0.25, 0.3) is 10.9 Å². The molecule has 6 nitrogen and oxygen atoms in total. The van der Waals surface area contributed by atoms with Crippen LogP contribution < -0.4 is 0 Å². The van der Waals surface area contributed by atoms with E-state index in [-0.39, 0.29) is 17.7 Å². The van der Waals surface area contributed by atoms with Gasteiger partial charge in [0.1, 0.15) is 5.52 Å². The van der Waals surface area contributed by atoms with Crippen LogP contribution in [0.1, 0.15) is 23.0 Å². The van der Waals surface area contributed by atoms with Crippen molar-refractivity contribution >= 4 is 16.8 Å². The minimum atomic E-state index is -0.463. The number of nitrogens with zero attached hydrogens (tertiary/aromatic N) is 3. The molecule has 0 radical (unpaired) electrons. The average Bonchev–Trinajstić information content (AvgIpc) is 2.80. The number of halogens is 1. The molecule has 0 spiro atoms. The molecule has 1 atom stereocenters. The standard InChI is InChI=1S/C13H14FN3O3/c1-16(19-2)13(18)8-3-4-10(14)12-9(8)7-17(15-12)11-5-6-20-11/h3-4,7,11H,5-6H2,1-2H3. The van der Waals surface area contributed by atoms with Crippen molar-refractivity contribution in [2.75, 3.05) is 20.8 Å². The van der Waals surface area contributed by atoms with Gasteiger partial charge in [-0.05, 0) is 12.1 Å². The van der Waals surface area contributed by atoms with E-state index in [4.69, 9.17) is 9.57 Å². The first-order chi connectivity index (χ1) is 9.61. The van der Waals surface area contributed by atoms with E-state index >= 15 is 0 Å². The maximum Gasteiger partial charge on any atom is 0.277 e. The van der Waals surface area contributed by atoms with E-state index in [1.54, 1.807) is 10.9 Å². The Morgan fingerprint density at radius 3 is 2.95 bits per heavy atom. The predicted molar refractivity (Wildman–Crippen MR) is 68.4 cm³/mol. The molecule has 1 saturated heterocycles. The van der Waals surface area contributed by atoms with Crippen LogP contribution in [0.5, 0.6) is 0 Å². The van der Waals surface area contributed by atoms with Crippen molar-refractivity contribution in [3.63, 3.8) is 0 Å². The summed E-state index contributed by atoms with van der Waals surface area (Å²) in [6.07, 6.45) is 2.29. The average molecular weight is 279 g/mol. The van der Waals surface area contributed by atoms with Gasteiger partial charge >= 0.3 is 0 Å². The Hall–Kier alpha value is -1.99. The summed E-state index contributed by atoms with van der Waals surface area (Å²) in [4.78, 5) is 17.0. The molecule has 1 aliphatic heterocycles. The number of hydrogen-bond donors (Lipinski definition) is 0. The Morgan fingerprint density at radius 2 is 2.35 bits per heavy atom. The highest BCUT2D eigenvalue weighted by atomic mass is 19.1. The summed E-state index contributed by atoms with van der Waals surface area (Å²) in [5.74, 6) is -0.818. The molecule has 1 fully saturated rings. The lowest BCUT2D eigenvalue weighted by Gasteiger charge is -2.26. The molecule has 0 N–H and O–H groups in total. The molecule has 0 bridgehead atoms. The van der Waals surface area contributed by atoms with Gasteiger partial charge in [-0.25, -0.2) is 14.1 Å². The molecule has 1 amide bonds. The second-order valence-electron chi connectivity index (χ2n) is 4.57. The second kappa shape index (κ2) is 4.84. The molecule has 1 aliphatic rings. The topological polar surface area (TPSA) is 56.6 Å². The first-order valence-electron chi connectivity index (χ1n) is 6.23. The lowest BCUT2D eigenvalue weighted by Crippen LogP contribution is -2.25. The molecule has 3 rings (SSSR count). The van der Waals surface area contributed by atoms with Gasteiger partial charge in [0.25, 0.3) is 5.91 Å². The van der Waals surface area contributed by atoms with Crippen molar-refractivity contribution in [3.8, 4) is 0 Å². The first kappa shape index (κ1) is 13.0. The molecule has 0 aliphatic carbocycles. The maximum absolute atomic E-state index is 13.8. The van der Waals surface area contributed by atoms with E-state index in [0.717, 1.165) is 11.5 Å². The molecule has 2 aromatic rings. The van der Waals surface area contributed by atoms with Gasteiger partial charge in [-0.2, -0.15) is 5.10 Å². The summed E-state index contributed by atoms with van der Waals surface area (Å²) in [5, 5.41) is 5.71. The minimum Gasteiger partial charge on any atom is -0.356 e. The summed E-state index contributed by atoms with van der Waals surface area (Å²) < 4.78 is 20.7. The summed E-state index contributed by atoms with van der Waals surface area (Å²) in [5.41, 5.74) is 0.507. The largest absolute Gasteiger partial charge is 0.356 e. The SMILES string of the molecule is CON(C)C(=O)c1ccc(F)c2nn(C3CCO3)cc12. The van der Waals surface area contributed by atoms with E-state index in [9.17, 15) is 9.18 Å². The first-order valence-corrected chi connectivity index (χ1v) is 6.23. The van der Waals surface area contributed by atoms with E-state index in [2.05, 4.69) is 5.10 Å². The fraction of sp³-hybridized carbons (Fsp3) is 0.385. The number of fused-ring (bicyclic) bond motifs is 1. The lowest BCUT2D eigenvalue weighted by atomic mass is 10.1. The summed E-state index contributed by atoms with van der Waals surface area (Å²) >= 11 is 0. The van der Waals surface area contributed by atoms with Crippen LogP contribution in [-0.2, 0) is 9.57 Å². The normalized spacial score (nSPS) is 18.1. The van der Waals surface area contributed by atoms with Crippen LogP contribution in [0.3, 0.4) is 0 Å². The van der Waals surface area contributed by atoms with Gasteiger partial charge in [0, 0.05) is 25.1 Å². The molecule has 106 valence electrons. The molecular weight excluding hydrogens is 265 g/mol.